The maximum absolute atomic E-state index is 12.8. The molecule has 1 aromatic rings. The molecule has 2 aliphatic heterocycles. The van der Waals surface area contributed by atoms with Gasteiger partial charge in [-0.1, -0.05) is 13.8 Å². The summed E-state index contributed by atoms with van der Waals surface area (Å²) in [5, 5.41) is 0. The lowest BCUT2D eigenvalue weighted by Crippen LogP contribution is -2.37. The molecule has 0 radical (unpaired) electrons. The molecule has 7 heteroatoms. The summed E-state index contributed by atoms with van der Waals surface area (Å²) < 4.78 is 35.2. The maximum Gasteiger partial charge on any atom is 0.224 e. The number of methoxy groups -OCH3 is 5. The summed E-state index contributed by atoms with van der Waals surface area (Å²) in [5.41, 5.74) is 1.42. The molecule has 2 bridgehead atoms. The molecule has 2 heterocycles. The van der Waals surface area contributed by atoms with Crippen LogP contribution in [0.5, 0.6) is 17.2 Å². The van der Waals surface area contributed by atoms with Gasteiger partial charge < -0.3 is 28.4 Å². The van der Waals surface area contributed by atoms with Crippen molar-refractivity contribution in [2.75, 3.05) is 35.5 Å². The van der Waals surface area contributed by atoms with Gasteiger partial charge in [0.1, 0.15) is 0 Å². The van der Waals surface area contributed by atoms with Crippen LogP contribution in [-0.4, -0.2) is 41.3 Å². The van der Waals surface area contributed by atoms with E-state index in [1.54, 1.807) is 27.4 Å². The average molecular weight is 416 g/mol. The first-order valence-corrected chi connectivity index (χ1v) is 9.98. The number of rotatable bonds is 5. The predicted octanol–water partition coefficient (Wildman–Crippen LogP) is 3.67. The number of hydrogen-bond acceptors (Lipinski definition) is 7. The molecule has 162 valence electrons. The lowest BCUT2D eigenvalue weighted by atomic mass is 9.71. The number of ketones is 1. The van der Waals surface area contributed by atoms with Crippen molar-refractivity contribution in [2.24, 2.45) is 11.8 Å². The number of allylic oxidation sites excluding steroid dienone is 1. The fourth-order valence-corrected chi connectivity index (χ4v) is 5.08. The van der Waals surface area contributed by atoms with Crippen LogP contribution < -0.4 is 14.2 Å². The standard InChI is InChI=1S/C23H28O7/c1-11-8-13-9-15(24)19(26-4)22(29-7)23(13)17-14(18(30-23)12(11)2)10-16(25-3)20(27-5)21(17)28-6/h9-12,18H,8H2,1-7H3/t11?,12?,18-,23-/m0/s1. The third-order valence-electron chi connectivity index (χ3n) is 6.66. The van der Waals surface area contributed by atoms with Crippen LogP contribution in [0.25, 0.3) is 0 Å². The summed E-state index contributed by atoms with van der Waals surface area (Å²) in [7, 11) is 7.74. The Hall–Kier alpha value is -2.67. The molecule has 0 saturated carbocycles. The Balaban J connectivity index is 2.16. The third kappa shape index (κ3) is 2.44. The van der Waals surface area contributed by atoms with Crippen molar-refractivity contribution in [1.29, 1.82) is 0 Å². The molecule has 1 saturated heterocycles. The zero-order valence-corrected chi connectivity index (χ0v) is 18.5. The van der Waals surface area contributed by atoms with Crippen LogP contribution in [0.15, 0.2) is 29.2 Å². The summed E-state index contributed by atoms with van der Waals surface area (Å²) in [6.45, 7) is 4.34. The molecule has 1 spiro atoms. The molecular weight excluding hydrogens is 388 g/mol. The highest BCUT2D eigenvalue weighted by Crippen LogP contribution is 2.65. The summed E-state index contributed by atoms with van der Waals surface area (Å²) in [6, 6.07) is 1.94. The van der Waals surface area contributed by atoms with Crippen LogP contribution in [0.4, 0.5) is 0 Å². The second-order valence-corrected chi connectivity index (χ2v) is 7.97. The van der Waals surface area contributed by atoms with Gasteiger partial charge in [-0.25, -0.2) is 0 Å². The largest absolute Gasteiger partial charge is 0.493 e. The molecule has 1 aromatic carbocycles. The molecule has 4 atom stereocenters. The Bertz CT molecular complexity index is 961. The summed E-state index contributed by atoms with van der Waals surface area (Å²) in [6.07, 6.45) is 2.06. The summed E-state index contributed by atoms with van der Waals surface area (Å²) >= 11 is 0. The molecule has 4 rings (SSSR count). The Morgan fingerprint density at radius 3 is 2.23 bits per heavy atom. The normalized spacial score (nSPS) is 29.5. The van der Waals surface area contributed by atoms with E-state index in [0.717, 1.165) is 16.7 Å². The first-order valence-electron chi connectivity index (χ1n) is 9.98. The Labute approximate surface area is 176 Å². The van der Waals surface area contributed by atoms with Gasteiger partial charge in [0.2, 0.25) is 17.3 Å². The topological polar surface area (TPSA) is 72.5 Å². The van der Waals surface area contributed by atoms with Gasteiger partial charge >= 0.3 is 0 Å². The highest BCUT2D eigenvalue weighted by Gasteiger charge is 2.61. The molecule has 1 fully saturated rings. The molecule has 7 nitrogen and oxygen atoms in total. The molecule has 30 heavy (non-hydrogen) atoms. The van der Waals surface area contributed by atoms with E-state index in [1.165, 1.54) is 14.2 Å². The van der Waals surface area contributed by atoms with Crippen LogP contribution in [0.3, 0.4) is 0 Å². The fraction of sp³-hybridized carbons (Fsp3) is 0.522. The first kappa shape index (κ1) is 20.6. The second kappa shape index (κ2) is 7.23. The van der Waals surface area contributed by atoms with E-state index in [2.05, 4.69) is 13.8 Å². The summed E-state index contributed by atoms with van der Waals surface area (Å²) in [5.74, 6) is 2.23. The minimum Gasteiger partial charge on any atom is -0.493 e. The van der Waals surface area contributed by atoms with E-state index in [0.29, 0.717) is 29.4 Å². The van der Waals surface area contributed by atoms with Crippen LogP contribution in [0, 0.1) is 11.8 Å². The van der Waals surface area contributed by atoms with Gasteiger partial charge in [-0.2, -0.15) is 0 Å². The smallest absolute Gasteiger partial charge is 0.224 e. The molecule has 0 N–H and O–H groups in total. The van der Waals surface area contributed by atoms with Crippen molar-refractivity contribution < 1.29 is 33.2 Å². The molecule has 0 aromatic heterocycles. The van der Waals surface area contributed by atoms with Gasteiger partial charge in [-0.3, -0.25) is 4.79 Å². The Morgan fingerprint density at radius 2 is 1.67 bits per heavy atom. The number of carbonyl (C=O) groups excluding carboxylic acids is 1. The van der Waals surface area contributed by atoms with Crippen molar-refractivity contribution >= 4 is 5.78 Å². The molecular formula is C23H28O7. The van der Waals surface area contributed by atoms with E-state index in [4.69, 9.17) is 28.4 Å². The number of ether oxygens (including phenoxy) is 6. The zero-order valence-electron chi connectivity index (χ0n) is 18.5. The van der Waals surface area contributed by atoms with Crippen LogP contribution in [0.2, 0.25) is 0 Å². The SMILES string of the molecule is COC1=C(OC)[C@@]23O[C@H](c4cc(OC)c(OC)c(OC)c42)C(C)C(C)CC3=CC1=O. The first-order chi connectivity index (χ1) is 14.4. The predicted molar refractivity (Wildman–Crippen MR) is 109 cm³/mol. The van der Waals surface area contributed by atoms with Gasteiger partial charge in [0.25, 0.3) is 0 Å². The lowest BCUT2D eigenvalue weighted by Gasteiger charge is -2.37. The second-order valence-electron chi connectivity index (χ2n) is 7.97. The van der Waals surface area contributed by atoms with Crippen molar-refractivity contribution in [3.8, 4) is 17.2 Å². The zero-order chi connectivity index (χ0) is 21.8. The van der Waals surface area contributed by atoms with E-state index in [-0.39, 0.29) is 29.5 Å². The molecule has 3 aliphatic rings. The number of carbonyl (C=O) groups is 1. The van der Waals surface area contributed by atoms with Crippen LogP contribution in [0.1, 0.15) is 37.5 Å². The van der Waals surface area contributed by atoms with E-state index < -0.39 is 5.60 Å². The van der Waals surface area contributed by atoms with Gasteiger partial charge in [-0.05, 0) is 41.5 Å². The van der Waals surface area contributed by atoms with Gasteiger partial charge in [-0.15, -0.1) is 0 Å². The van der Waals surface area contributed by atoms with Crippen molar-refractivity contribution in [2.45, 2.75) is 32.0 Å². The van der Waals surface area contributed by atoms with Gasteiger partial charge in [0.05, 0.1) is 41.7 Å². The molecule has 1 aliphatic carbocycles. The third-order valence-corrected chi connectivity index (χ3v) is 6.66. The van der Waals surface area contributed by atoms with Crippen molar-refractivity contribution in [3.63, 3.8) is 0 Å². The number of fused-ring (bicyclic) bond motifs is 3. The van der Waals surface area contributed by atoms with E-state index >= 15 is 0 Å². The average Bonchev–Trinajstić information content (AvgIpc) is 3.03. The Kier molecular flexibility index (Phi) is 4.97. The van der Waals surface area contributed by atoms with Crippen LogP contribution >= 0.6 is 0 Å². The minimum absolute atomic E-state index is 0.131. The number of hydrogen-bond donors (Lipinski definition) is 0. The number of benzene rings is 1. The lowest BCUT2D eigenvalue weighted by molar-refractivity contribution is -0.118. The molecule has 2 unspecified atom stereocenters. The van der Waals surface area contributed by atoms with Gasteiger partial charge in [0, 0.05) is 5.56 Å². The summed E-state index contributed by atoms with van der Waals surface area (Å²) in [4.78, 5) is 12.8. The monoisotopic (exact) mass is 416 g/mol. The fourth-order valence-electron chi connectivity index (χ4n) is 5.08. The minimum atomic E-state index is -1.13. The van der Waals surface area contributed by atoms with E-state index in [9.17, 15) is 4.79 Å². The maximum atomic E-state index is 12.8. The Morgan fingerprint density at radius 1 is 0.967 bits per heavy atom. The van der Waals surface area contributed by atoms with E-state index in [1.807, 2.05) is 6.07 Å². The molecule has 0 amide bonds. The van der Waals surface area contributed by atoms with Crippen molar-refractivity contribution in [1.82, 2.24) is 0 Å². The van der Waals surface area contributed by atoms with Crippen LogP contribution in [-0.2, 0) is 24.6 Å². The highest BCUT2D eigenvalue weighted by atomic mass is 16.6. The van der Waals surface area contributed by atoms with Crippen molar-refractivity contribution in [3.05, 3.63) is 40.4 Å². The highest BCUT2D eigenvalue weighted by molar-refractivity contribution is 6.05. The van der Waals surface area contributed by atoms with Gasteiger partial charge in [0.15, 0.2) is 22.9 Å². The quantitative estimate of drug-likeness (QED) is 0.725.